The molecule has 17 heavy (non-hydrogen) atoms. The molecular formula is C14H12BrClS. The highest BCUT2D eigenvalue weighted by molar-refractivity contribution is 9.10. The first-order valence-electron chi connectivity index (χ1n) is 5.30. The lowest BCUT2D eigenvalue weighted by Gasteiger charge is -2.03. The van der Waals surface area contributed by atoms with Gasteiger partial charge in [0, 0.05) is 21.0 Å². The molecule has 88 valence electrons. The Kier molecular flexibility index (Phi) is 4.96. The zero-order chi connectivity index (χ0) is 12.1. The zero-order valence-corrected chi connectivity index (χ0v) is 12.4. The molecule has 0 aliphatic heterocycles. The molecule has 0 bridgehead atoms. The lowest BCUT2D eigenvalue weighted by Crippen LogP contribution is -1.81. The monoisotopic (exact) mass is 326 g/mol. The van der Waals surface area contributed by atoms with Crippen LogP contribution >= 0.6 is 39.3 Å². The van der Waals surface area contributed by atoms with E-state index in [1.54, 1.807) is 0 Å². The van der Waals surface area contributed by atoms with Crippen LogP contribution in [0, 0.1) is 0 Å². The molecule has 0 saturated carbocycles. The van der Waals surface area contributed by atoms with Crippen molar-refractivity contribution in [3.05, 3.63) is 64.1 Å². The average molecular weight is 328 g/mol. The maximum atomic E-state index is 5.76. The molecule has 2 aromatic rings. The third-order valence-corrected chi connectivity index (χ3v) is 4.26. The molecule has 0 aliphatic rings. The Bertz CT molecular complexity index is 482. The van der Waals surface area contributed by atoms with Crippen LogP contribution in [-0.2, 0) is 11.6 Å². The van der Waals surface area contributed by atoms with Crippen LogP contribution in [-0.4, -0.2) is 0 Å². The fourth-order valence-corrected chi connectivity index (χ4v) is 2.93. The minimum absolute atomic E-state index is 0.580. The third kappa shape index (κ3) is 4.06. The van der Waals surface area contributed by atoms with Crippen molar-refractivity contribution in [1.29, 1.82) is 0 Å². The second-order valence-electron chi connectivity index (χ2n) is 3.70. The van der Waals surface area contributed by atoms with Crippen molar-refractivity contribution in [2.45, 2.75) is 16.5 Å². The van der Waals surface area contributed by atoms with Crippen molar-refractivity contribution >= 4 is 39.3 Å². The van der Waals surface area contributed by atoms with Crippen LogP contribution in [0.4, 0.5) is 0 Å². The summed E-state index contributed by atoms with van der Waals surface area (Å²) in [5.74, 6) is 1.57. The van der Waals surface area contributed by atoms with Gasteiger partial charge >= 0.3 is 0 Å². The van der Waals surface area contributed by atoms with Crippen LogP contribution < -0.4 is 0 Å². The van der Waals surface area contributed by atoms with E-state index < -0.39 is 0 Å². The van der Waals surface area contributed by atoms with E-state index >= 15 is 0 Å². The van der Waals surface area contributed by atoms with E-state index in [-0.39, 0.29) is 0 Å². The van der Waals surface area contributed by atoms with Crippen molar-refractivity contribution in [3.8, 4) is 0 Å². The molecule has 0 aromatic heterocycles. The SMILES string of the molecule is ClCc1ccc(SCc2cccc(Br)c2)cc1. The molecule has 0 spiro atoms. The van der Waals surface area contributed by atoms with E-state index in [2.05, 4.69) is 58.4 Å². The number of halogens is 2. The predicted octanol–water partition coefficient (Wildman–Crippen LogP) is 5.48. The second-order valence-corrected chi connectivity index (χ2v) is 5.93. The molecule has 0 aliphatic carbocycles. The molecule has 2 aromatic carbocycles. The number of benzene rings is 2. The van der Waals surface area contributed by atoms with Crippen molar-refractivity contribution in [1.82, 2.24) is 0 Å². The van der Waals surface area contributed by atoms with E-state index in [0.29, 0.717) is 5.88 Å². The van der Waals surface area contributed by atoms with Gasteiger partial charge in [-0.2, -0.15) is 0 Å². The molecule has 0 atom stereocenters. The van der Waals surface area contributed by atoms with Gasteiger partial charge < -0.3 is 0 Å². The predicted molar refractivity (Wildman–Crippen MR) is 79.7 cm³/mol. The summed E-state index contributed by atoms with van der Waals surface area (Å²) in [6.07, 6.45) is 0. The Balaban J connectivity index is 1.97. The summed E-state index contributed by atoms with van der Waals surface area (Å²) in [7, 11) is 0. The summed E-state index contributed by atoms with van der Waals surface area (Å²) in [5.41, 5.74) is 2.49. The maximum absolute atomic E-state index is 5.76. The maximum Gasteiger partial charge on any atom is 0.0474 e. The Hall–Kier alpha value is -0.440. The quantitative estimate of drug-likeness (QED) is 0.529. The Morgan fingerprint density at radius 1 is 1.00 bits per heavy atom. The van der Waals surface area contributed by atoms with Crippen LogP contribution in [0.2, 0.25) is 0 Å². The Labute approximate surface area is 120 Å². The van der Waals surface area contributed by atoms with Crippen LogP contribution in [0.5, 0.6) is 0 Å². The molecule has 0 fully saturated rings. The summed E-state index contributed by atoms with van der Waals surface area (Å²) in [6, 6.07) is 16.8. The number of hydrogen-bond donors (Lipinski definition) is 0. The molecule has 0 amide bonds. The molecule has 0 unspecified atom stereocenters. The van der Waals surface area contributed by atoms with Gasteiger partial charge in [0.15, 0.2) is 0 Å². The summed E-state index contributed by atoms with van der Waals surface area (Å²) >= 11 is 11.1. The summed E-state index contributed by atoms with van der Waals surface area (Å²) in [5, 5.41) is 0. The fourth-order valence-electron chi connectivity index (χ4n) is 1.47. The van der Waals surface area contributed by atoms with E-state index in [9.17, 15) is 0 Å². The molecule has 3 heteroatoms. The Morgan fingerprint density at radius 2 is 1.76 bits per heavy atom. The van der Waals surface area contributed by atoms with Crippen molar-refractivity contribution < 1.29 is 0 Å². The summed E-state index contributed by atoms with van der Waals surface area (Å²) in [4.78, 5) is 1.28. The van der Waals surface area contributed by atoms with Gasteiger partial charge in [-0.1, -0.05) is 40.2 Å². The fraction of sp³-hybridized carbons (Fsp3) is 0.143. The first-order valence-corrected chi connectivity index (χ1v) is 7.61. The first-order chi connectivity index (χ1) is 8.28. The number of hydrogen-bond acceptors (Lipinski definition) is 1. The van der Waals surface area contributed by atoms with E-state index in [1.807, 2.05) is 17.8 Å². The van der Waals surface area contributed by atoms with Crippen LogP contribution in [0.15, 0.2) is 57.9 Å². The normalized spacial score (nSPS) is 10.5. The van der Waals surface area contributed by atoms with Gasteiger partial charge in [0.05, 0.1) is 0 Å². The van der Waals surface area contributed by atoms with Crippen molar-refractivity contribution in [2.75, 3.05) is 0 Å². The standard InChI is InChI=1S/C14H12BrClS/c15-13-3-1-2-12(8-13)10-17-14-6-4-11(9-16)5-7-14/h1-8H,9-10H2. The lowest BCUT2D eigenvalue weighted by atomic mass is 10.2. The third-order valence-electron chi connectivity index (χ3n) is 2.37. The Morgan fingerprint density at radius 3 is 2.41 bits per heavy atom. The molecule has 0 heterocycles. The van der Waals surface area contributed by atoms with E-state index in [0.717, 1.165) is 10.2 Å². The highest BCUT2D eigenvalue weighted by atomic mass is 79.9. The van der Waals surface area contributed by atoms with Gasteiger partial charge in [-0.05, 0) is 35.4 Å². The van der Waals surface area contributed by atoms with E-state index in [1.165, 1.54) is 16.0 Å². The summed E-state index contributed by atoms with van der Waals surface area (Å²) < 4.78 is 1.13. The van der Waals surface area contributed by atoms with Gasteiger partial charge in [-0.3, -0.25) is 0 Å². The highest BCUT2D eigenvalue weighted by Crippen LogP contribution is 2.24. The molecule has 0 saturated heterocycles. The molecule has 2 rings (SSSR count). The van der Waals surface area contributed by atoms with Gasteiger partial charge in [0.1, 0.15) is 0 Å². The van der Waals surface area contributed by atoms with Gasteiger partial charge in [0.2, 0.25) is 0 Å². The zero-order valence-electron chi connectivity index (χ0n) is 9.20. The summed E-state index contributed by atoms with van der Waals surface area (Å²) in [6.45, 7) is 0. The topological polar surface area (TPSA) is 0 Å². The largest absolute Gasteiger partial charge is 0.122 e. The molecule has 0 nitrogen and oxygen atoms in total. The number of thioether (sulfide) groups is 1. The van der Waals surface area contributed by atoms with Crippen LogP contribution in [0.25, 0.3) is 0 Å². The smallest absolute Gasteiger partial charge is 0.0474 e. The minimum atomic E-state index is 0.580. The van der Waals surface area contributed by atoms with Crippen LogP contribution in [0.3, 0.4) is 0 Å². The van der Waals surface area contributed by atoms with Crippen molar-refractivity contribution in [3.63, 3.8) is 0 Å². The molecule has 0 radical (unpaired) electrons. The van der Waals surface area contributed by atoms with Gasteiger partial charge in [0.25, 0.3) is 0 Å². The van der Waals surface area contributed by atoms with Gasteiger partial charge in [-0.15, -0.1) is 23.4 Å². The minimum Gasteiger partial charge on any atom is -0.122 e. The van der Waals surface area contributed by atoms with Gasteiger partial charge in [-0.25, -0.2) is 0 Å². The molecular weight excluding hydrogens is 316 g/mol. The number of alkyl halides is 1. The second kappa shape index (κ2) is 6.48. The van der Waals surface area contributed by atoms with Crippen molar-refractivity contribution in [2.24, 2.45) is 0 Å². The first kappa shape index (κ1) is 13.0. The van der Waals surface area contributed by atoms with E-state index in [4.69, 9.17) is 11.6 Å². The number of rotatable bonds is 4. The highest BCUT2D eigenvalue weighted by Gasteiger charge is 1.97. The average Bonchev–Trinajstić information content (AvgIpc) is 2.37. The lowest BCUT2D eigenvalue weighted by molar-refractivity contribution is 1.32. The molecule has 0 N–H and O–H groups in total. The van der Waals surface area contributed by atoms with Crippen LogP contribution in [0.1, 0.15) is 11.1 Å².